The second-order valence-electron chi connectivity index (χ2n) is 6.06. The third-order valence-electron chi connectivity index (χ3n) is 4.66. The molecule has 2 atom stereocenters. The average molecular weight is 311 g/mol. The Morgan fingerprint density at radius 2 is 1.82 bits per heavy atom. The molecule has 3 fully saturated rings. The number of morpholine rings is 1. The van der Waals surface area contributed by atoms with Gasteiger partial charge in [0.25, 0.3) is 0 Å². The zero-order chi connectivity index (χ0) is 15.7. The van der Waals surface area contributed by atoms with Gasteiger partial charge in [-0.05, 0) is 6.42 Å². The number of likely N-dealkylation sites (tertiary alicyclic amines) is 2. The van der Waals surface area contributed by atoms with E-state index in [2.05, 4.69) is 0 Å². The summed E-state index contributed by atoms with van der Waals surface area (Å²) in [5, 5.41) is 9.04. The summed E-state index contributed by atoms with van der Waals surface area (Å²) in [4.78, 5) is 40.6. The summed E-state index contributed by atoms with van der Waals surface area (Å²) in [5.74, 6) is -1.65. The maximum Gasteiger partial charge on any atom is 0.320 e. The molecule has 122 valence electrons. The first kappa shape index (κ1) is 15.1. The van der Waals surface area contributed by atoms with Crippen molar-refractivity contribution in [3.05, 3.63) is 0 Å². The van der Waals surface area contributed by atoms with Crippen molar-refractivity contribution in [2.75, 3.05) is 45.9 Å². The number of hydrogen-bond acceptors (Lipinski definition) is 4. The number of ether oxygens (including phenoxy) is 1. The molecular weight excluding hydrogens is 290 g/mol. The molecule has 2 unspecified atom stereocenters. The lowest BCUT2D eigenvalue weighted by Crippen LogP contribution is -2.48. The van der Waals surface area contributed by atoms with Crippen molar-refractivity contribution in [1.29, 1.82) is 0 Å². The van der Waals surface area contributed by atoms with Crippen LogP contribution in [0.25, 0.3) is 0 Å². The van der Waals surface area contributed by atoms with E-state index >= 15 is 0 Å². The van der Waals surface area contributed by atoms with Crippen LogP contribution in [0.4, 0.5) is 4.79 Å². The topological polar surface area (TPSA) is 90.4 Å². The van der Waals surface area contributed by atoms with Crippen molar-refractivity contribution in [3.63, 3.8) is 0 Å². The second-order valence-corrected chi connectivity index (χ2v) is 6.06. The maximum atomic E-state index is 12.4. The highest BCUT2D eigenvalue weighted by atomic mass is 16.5. The maximum absolute atomic E-state index is 12.4. The Kier molecular flexibility index (Phi) is 4.19. The molecule has 3 heterocycles. The van der Waals surface area contributed by atoms with Gasteiger partial charge < -0.3 is 24.5 Å². The molecule has 22 heavy (non-hydrogen) atoms. The van der Waals surface area contributed by atoms with Gasteiger partial charge in [0.15, 0.2) is 0 Å². The Labute approximate surface area is 128 Å². The van der Waals surface area contributed by atoms with Crippen molar-refractivity contribution in [1.82, 2.24) is 14.7 Å². The molecule has 0 aromatic carbocycles. The summed E-state index contributed by atoms with van der Waals surface area (Å²) in [6, 6.07) is -0.0610. The molecule has 8 nitrogen and oxygen atoms in total. The number of hydrogen-bond donors (Lipinski definition) is 1. The van der Waals surface area contributed by atoms with Crippen LogP contribution in [-0.2, 0) is 14.3 Å². The van der Waals surface area contributed by atoms with Crippen molar-refractivity contribution in [2.24, 2.45) is 5.92 Å². The number of carboxylic acid groups (broad SMARTS) is 1. The van der Waals surface area contributed by atoms with E-state index in [0.29, 0.717) is 45.8 Å². The molecule has 0 bridgehead atoms. The first-order chi connectivity index (χ1) is 10.6. The minimum Gasteiger partial charge on any atom is -0.481 e. The van der Waals surface area contributed by atoms with E-state index < -0.39 is 11.9 Å². The molecular formula is C14H21N3O5. The van der Waals surface area contributed by atoms with Gasteiger partial charge >= 0.3 is 12.0 Å². The zero-order valence-electron chi connectivity index (χ0n) is 12.4. The minimum absolute atomic E-state index is 0.00719. The van der Waals surface area contributed by atoms with Crippen molar-refractivity contribution in [3.8, 4) is 0 Å². The number of rotatable bonds is 2. The van der Waals surface area contributed by atoms with Gasteiger partial charge in [0.1, 0.15) is 0 Å². The van der Waals surface area contributed by atoms with Crippen molar-refractivity contribution < 1.29 is 24.2 Å². The molecule has 3 aliphatic rings. The Balaban J connectivity index is 1.57. The van der Waals surface area contributed by atoms with Crippen LogP contribution in [0.2, 0.25) is 0 Å². The van der Waals surface area contributed by atoms with Crippen LogP contribution in [0.3, 0.4) is 0 Å². The number of carbonyl (C=O) groups is 3. The molecule has 3 rings (SSSR count). The van der Waals surface area contributed by atoms with Gasteiger partial charge in [-0.25, -0.2) is 4.79 Å². The Morgan fingerprint density at radius 3 is 2.45 bits per heavy atom. The summed E-state index contributed by atoms with van der Waals surface area (Å²) in [6.45, 7) is 3.70. The molecule has 3 amide bonds. The van der Waals surface area contributed by atoms with Crippen LogP contribution in [-0.4, -0.2) is 89.7 Å². The Bertz CT molecular complexity index is 477. The lowest BCUT2D eigenvalue weighted by molar-refractivity contribution is -0.141. The van der Waals surface area contributed by atoms with Gasteiger partial charge in [-0.1, -0.05) is 0 Å². The second kappa shape index (κ2) is 6.12. The van der Waals surface area contributed by atoms with Gasteiger partial charge in [-0.2, -0.15) is 0 Å². The largest absolute Gasteiger partial charge is 0.481 e. The van der Waals surface area contributed by atoms with Crippen LogP contribution < -0.4 is 0 Å². The fourth-order valence-corrected chi connectivity index (χ4v) is 3.37. The third kappa shape index (κ3) is 2.87. The van der Waals surface area contributed by atoms with E-state index in [4.69, 9.17) is 9.84 Å². The zero-order valence-corrected chi connectivity index (χ0v) is 12.4. The first-order valence-electron chi connectivity index (χ1n) is 7.70. The molecule has 8 heteroatoms. The lowest BCUT2D eigenvalue weighted by atomic mass is 10.1. The molecule has 0 spiro atoms. The van der Waals surface area contributed by atoms with E-state index in [0.717, 1.165) is 0 Å². The molecule has 0 aromatic heterocycles. The van der Waals surface area contributed by atoms with Crippen molar-refractivity contribution >= 4 is 17.9 Å². The first-order valence-corrected chi connectivity index (χ1v) is 7.70. The Morgan fingerprint density at radius 1 is 1.09 bits per heavy atom. The summed E-state index contributed by atoms with van der Waals surface area (Å²) in [6.07, 6.45) is 0.789. The molecule has 0 saturated carbocycles. The normalized spacial score (nSPS) is 29.3. The summed E-state index contributed by atoms with van der Waals surface area (Å²) in [5.41, 5.74) is 0. The number of aliphatic carboxylic acids is 1. The SMILES string of the molecule is O=C(O)C1CC(=O)N(C2CCN(C(=O)N3CCOCC3)C2)C1. The Hall–Kier alpha value is -1.83. The monoisotopic (exact) mass is 311 g/mol. The fourth-order valence-electron chi connectivity index (χ4n) is 3.37. The minimum atomic E-state index is -0.921. The molecule has 0 aliphatic carbocycles. The van der Waals surface area contributed by atoms with Crippen LogP contribution in [0.5, 0.6) is 0 Å². The van der Waals surface area contributed by atoms with E-state index in [1.54, 1.807) is 14.7 Å². The van der Waals surface area contributed by atoms with E-state index in [1.807, 2.05) is 0 Å². The smallest absolute Gasteiger partial charge is 0.320 e. The molecule has 3 aliphatic heterocycles. The summed E-state index contributed by atoms with van der Waals surface area (Å²) >= 11 is 0. The van der Waals surface area contributed by atoms with Gasteiger partial charge in [0, 0.05) is 39.1 Å². The van der Waals surface area contributed by atoms with Crippen molar-refractivity contribution in [2.45, 2.75) is 18.9 Å². The van der Waals surface area contributed by atoms with Crippen LogP contribution >= 0.6 is 0 Å². The van der Waals surface area contributed by atoms with Crippen LogP contribution in [0, 0.1) is 5.92 Å². The molecule has 3 saturated heterocycles. The van der Waals surface area contributed by atoms with Gasteiger partial charge in [0.2, 0.25) is 5.91 Å². The highest BCUT2D eigenvalue weighted by Gasteiger charge is 2.41. The number of carbonyl (C=O) groups excluding carboxylic acids is 2. The van der Waals surface area contributed by atoms with Gasteiger partial charge in [0.05, 0.1) is 25.2 Å². The molecule has 0 radical (unpaired) electrons. The average Bonchev–Trinajstić information content (AvgIpc) is 3.14. The third-order valence-corrected chi connectivity index (χ3v) is 4.66. The predicted octanol–water partition coefficient (Wildman–Crippen LogP) is -0.554. The lowest BCUT2D eigenvalue weighted by Gasteiger charge is -2.31. The van der Waals surface area contributed by atoms with Crippen LogP contribution in [0.1, 0.15) is 12.8 Å². The predicted molar refractivity (Wildman–Crippen MR) is 75.2 cm³/mol. The summed E-state index contributed by atoms with van der Waals surface area (Å²) < 4.78 is 5.24. The number of carboxylic acids is 1. The highest BCUT2D eigenvalue weighted by Crippen LogP contribution is 2.25. The van der Waals surface area contributed by atoms with E-state index in [9.17, 15) is 14.4 Å². The number of nitrogens with zero attached hydrogens (tertiary/aromatic N) is 3. The quantitative estimate of drug-likeness (QED) is 0.739. The summed E-state index contributed by atoms with van der Waals surface area (Å²) in [7, 11) is 0. The standard InChI is InChI=1S/C14H21N3O5/c18-12-7-10(13(19)20)8-17(12)11-1-2-16(9-11)14(21)15-3-5-22-6-4-15/h10-11H,1-9H2,(H,19,20). The molecule has 1 N–H and O–H groups in total. The number of urea groups is 1. The van der Waals surface area contributed by atoms with Crippen LogP contribution in [0.15, 0.2) is 0 Å². The van der Waals surface area contributed by atoms with E-state index in [-0.39, 0.29) is 30.9 Å². The van der Waals surface area contributed by atoms with E-state index in [1.165, 1.54) is 0 Å². The fraction of sp³-hybridized carbons (Fsp3) is 0.786. The molecule has 0 aromatic rings. The van der Waals surface area contributed by atoms with Gasteiger partial charge in [-0.3, -0.25) is 9.59 Å². The highest BCUT2D eigenvalue weighted by molar-refractivity contribution is 5.86. The van der Waals surface area contributed by atoms with Gasteiger partial charge in [-0.15, -0.1) is 0 Å². The number of amides is 3.